The fraction of sp³-hybridized carbons (Fsp3) is 1.00. The zero-order valence-corrected chi connectivity index (χ0v) is 16.6. The Morgan fingerprint density at radius 1 is 0.714 bits per heavy atom. The van der Waals surface area contributed by atoms with Crippen LogP contribution < -0.4 is 0 Å². The molecule has 0 rings (SSSR count). The van der Waals surface area contributed by atoms with Gasteiger partial charge in [-0.3, -0.25) is 0 Å². The Balaban J connectivity index is 3.89. The molecule has 0 spiro atoms. The monoisotopic (exact) mass is 412 g/mol. The van der Waals surface area contributed by atoms with Crippen molar-refractivity contribution in [3.05, 3.63) is 0 Å². The van der Waals surface area contributed by atoms with Crippen LogP contribution in [0, 0.1) is 0 Å². The minimum absolute atomic E-state index is 1.43. The number of unbranched alkanes of at least 4 members (excludes halogenated alkanes) is 3. The fourth-order valence-corrected chi connectivity index (χ4v) is 24.9. The van der Waals surface area contributed by atoms with E-state index in [1.165, 1.54) is 19.3 Å². The maximum atomic E-state index is 2.35. The first-order valence-electron chi connectivity index (χ1n) is 6.47. The molecule has 0 atom stereocenters. The molecule has 84 valence electrons. The third-order valence-electron chi connectivity index (χ3n) is 3.08. The number of hydrogen-bond donors (Lipinski definition) is 0. The zero-order valence-electron chi connectivity index (χ0n) is 10.4. The van der Waals surface area contributed by atoms with Gasteiger partial charge in [-0.25, -0.2) is 0 Å². The fourth-order valence-electron chi connectivity index (χ4n) is 1.96. The summed E-state index contributed by atoms with van der Waals surface area (Å²) in [5, 5.41) is 0. The van der Waals surface area contributed by atoms with Crippen LogP contribution in [0.25, 0.3) is 0 Å². The molecule has 2 heteroatoms. The molecule has 0 aromatic heterocycles. The maximum absolute atomic E-state index is 2.35. The van der Waals surface area contributed by atoms with Crippen molar-refractivity contribution >= 4 is 33.0 Å². The first kappa shape index (κ1) is 15.6. The van der Waals surface area contributed by atoms with Crippen LogP contribution in [0.15, 0.2) is 0 Å². The summed E-state index contributed by atoms with van der Waals surface area (Å²) in [4.78, 5) is 0. The summed E-state index contributed by atoms with van der Waals surface area (Å²) in [5.74, 6) is 0. The van der Waals surface area contributed by atoms with Gasteiger partial charge < -0.3 is 0 Å². The second-order valence-corrected chi connectivity index (χ2v) is 40.2. The first-order chi connectivity index (χ1) is 6.68. The normalized spacial score (nSPS) is 12.0. The number of hydrogen-bond acceptors (Lipinski definition) is 0. The van der Waals surface area contributed by atoms with Gasteiger partial charge in [0.1, 0.15) is 0 Å². The molecule has 2 radical (unpaired) electrons. The molecule has 0 aliphatic rings. The van der Waals surface area contributed by atoms with Crippen LogP contribution >= 0.6 is 0 Å². The average Bonchev–Trinajstić information content (AvgIpc) is 2.21. The molecule has 0 nitrogen and oxygen atoms in total. The van der Waals surface area contributed by atoms with E-state index in [2.05, 4.69) is 20.8 Å². The van der Waals surface area contributed by atoms with E-state index in [0.29, 0.717) is 0 Å². The molecule has 0 aliphatic carbocycles. The van der Waals surface area contributed by atoms with Crippen molar-refractivity contribution in [3.63, 3.8) is 0 Å². The Hall–Kier alpha value is 1.60. The van der Waals surface area contributed by atoms with Gasteiger partial charge in [-0.2, -0.15) is 0 Å². The zero-order chi connectivity index (χ0) is 10.9. The minimum atomic E-state index is -1.43. The van der Waals surface area contributed by atoms with Gasteiger partial charge >= 0.3 is 106 Å². The van der Waals surface area contributed by atoms with E-state index < -0.39 is 14.4 Å². The number of rotatable bonds is 9. The summed E-state index contributed by atoms with van der Waals surface area (Å²) in [6.07, 6.45) is 8.92. The summed E-state index contributed by atoms with van der Waals surface area (Å²) in [5.41, 5.74) is 0. The van der Waals surface area contributed by atoms with Crippen LogP contribution in [0.1, 0.15) is 59.3 Å². The van der Waals surface area contributed by atoms with E-state index in [4.69, 9.17) is 0 Å². The van der Waals surface area contributed by atoms with Crippen LogP contribution in [-0.2, 0) is 0 Å². The molecular weight excluding hydrogens is 382 g/mol. The van der Waals surface area contributed by atoms with Crippen molar-refractivity contribution in [2.75, 3.05) is 0 Å². The average molecular weight is 410 g/mol. The summed E-state index contributed by atoms with van der Waals surface area (Å²) in [7, 11) is 0. The summed E-state index contributed by atoms with van der Waals surface area (Å²) < 4.78 is 5.15. The third kappa shape index (κ3) is 7.83. The van der Waals surface area contributed by atoms with Crippen molar-refractivity contribution in [2.45, 2.75) is 72.6 Å². The summed E-state index contributed by atoms with van der Waals surface area (Å²) in [6.45, 7) is 7.06. The second kappa shape index (κ2) is 9.80. The van der Waals surface area contributed by atoms with Crippen molar-refractivity contribution < 1.29 is 0 Å². The molecule has 0 amide bonds. The SMILES string of the molecule is CCC[CH2][Sn]([SnH])([CH2]CCC)[CH2]CCC. The molecule has 0 aromatic carbocycles. The molecule has 0 N–H and O–H groups in total. The van der Waals surface area contributed by atoms with Crippen LogP contribution in [-0.4, -0.2) is 33.0 Å². The van der Waals surface area contributed by atoms with Crippen LogP contribution in [0.2, 0.25) is 13.3 Å². The van der Waals surface area contributed by atoms with Gasteiger partial charge in [-0.05, 0) is 0 Å². The molecule has 0 unspecified atom stereocenters. The Morgan fingerprint density at radius 3 is 1.21 bits per heavy atom. The quantitative estimate of drug-likeness (QED) is 0.500. The van der Waals surface area contributed by atoms with E-state index in [1.54, 1.807) is 51.1 Å². The first-order valence-corrected chi connectivity index (χ1v) is 25.2. The van der Waals surface area contributed by atoms with E-state index in [1.807, 2.05) is 0 Å². The summed E-state index contributed by atoms with van der Waals surface area (Å²) >= 11 is 0.258. The van der Waals surface area contributed by atoms with Crippen molar-refractivity contribution in [3.8, 4) is 0 Å². The van der Waals surface area contributed by atoms with Gasteiger partial charge in [0.2, 0.25) is 0 Å². The standard InChI is InChI=1S/3C4H9.2Sn.H/c3*1-3-4-2;;;/h3*1,3-4H2,2H3;;;. The van der Waals surface area contributed by atoms with Crippen LogP contribution in [0.4, 0.5) is 0 Å². The molecule has 0 aliphatic heterocycles. The van der Waals surface area contributed by atoms with Crippen LogP contribution in [0.5, 0.6) is 0 Å². The Bertz CT molecular complexity index is 102. The molecule has 0 heterocycles. The van der Waals surface area contributed by atoms with E-state index >= 15 is 0 Å². The summed E-state index contributed by atoms with van der Waals surface area (Å²) in [6, 6.07) is 0. The molecule has 0 saturated heterocycles. The second-order valence-electron chi connectivity index (χ2n) is 4.67. The van der Waals surface area contributed by atoms with Crippen molar-refractivity contribution in [1.29, 1.82) is 0 Å². The van der Waals surface area contributed by atoms with Crippen LogP contribution in [0.3, 0.4) is 0 Å². The third-order valence-corrected chi connectivity index (χ3v) is 31.2. The molecule has 0 bridgehead atoms. The topological polar surface area (TPSA) is 0 Å². The predicted molar refractivity (Wildman–Crippen MR) is 72.0 cm³/mol. The van der Waals surface area contributed by atoms with Gasteiger partial charge in [0.05, 0.1) is 0 Å². The molecular formula is C12H28Sn2. The van der Waals surface area contributed by atoms with E-state index in [-0.39, 0.29) is 0 Å². The van der Waals surface area contributed by atoms with Crippen molar-refractivity contribution in [1.82, 2.24) is 0 Å². The Kier molecular flexibility index (Phi) is 10.9. The Morgan fingerprint density at radius 2 is 1.00 bits per heavy atom. The van der Waals surface area contributed by atoms with Gasteiger partial charge in [-0.1, -0.05) is 0 Å². The Labute approximate surface area is 105 Å². The van der Waals surface area contributed by atoms with Gasteiger partial charge in [0.15, 0.2) is 0 Å². The van der Waals surface area contributed by atoms with Crippen molar-refractivity contribution in [2.24, 2.45) is 0 Å². The van der Waals surface area contributed by atoms with Gasteiger partial charge in [0, 0.05) is 0 Å². The van der Waals surface area contributed by atoms with Gasteiger partial charge in [-0.15, -0.1) is 0 Å². The molecule has 0 saturated carbocycles. The molecule has 0 aromatic rings. The van der Waals surface area contributed by atoms with E-state index in [9.17, 15) is 0 Å². The predicted octanol–water partition coefficient (Wildman–Crippen LogP) is 4.23. The molecule has 14 heavy (non-hydrogen) atoms. The van der Waals surface area contributed by atoms with E-state index in [0.717, 1.165) is 0 Å². The molecule has 0 fully saturated rings. The van der Waals surface area contributed by atoms with Gasteiger partial charge in [0.25, 0.3) is 0 Å².